The molecule has 1 aromatic heterocycles. The second-order valence-electron chi connectivity index (χ2n) is 5.79. The molecule has 5 nitrogen and oxygen atoms in total. The van der Waals surface area contributed by atoms with Gasteiger partial charge in [0.2, 0.25) is 12.3 Å². The van der Waals surface area contributed by atoms with Crippen molar-refractivity contribution < 1.29 is 9.59 Å². The summed E-state index contributed by atoms with van der Waals surface area (Å²) in [6.07, 6.45) is 0.737. The number of rotatable bonds is 4. The van der Waals surface area contributed by atoms with E-state index < -0.39 is 6.04 Å². The van der Waals surface area contributed by atoms with Gasteiger partial charge in [0.25, 0.3) is 0 Å². The first-order chi connectivity index (χ1) is 11.4. The smallest absolute Gasteiger partial charge is 0.249 e. The van der Waals surface area contributed by atoms with Crippen LogP contribution in [0.4, 0.5) is 5.13 Å². The molecular weight excluding hydrogens is 366 g/mol. The Hall–Kier alpha value is -1.57. The van der Waals surface area contributed by atoms with Crippen LogP contribution in [0.2, 0.25) is 5.02 Å². The zero-order valence-corrected chi connectivity index (χ0v) is 15.5. The van der Waals surface area contributed by atoms with Crippen molar-refractivity contribution in [3.05, 3.63) is 34.7 Å². The molecule has 2 amide bonds. The average molecular weight is 382 g/mol. The largest absolute Gasteiger partial charge is 0.318 e. The molecule has 2 heterocycles. The summed E-state index contributed by atoms with van der Waals surface area (Å²) in [5, 5.41) is 5.76. The van der Waals surface area contributed by atoms with Gasteiger partial charge in [-0.3, -0.25) is 9.59 Å². The Kier molecular flexibility index (Phi) is 4.85. The highest BCUT2D eigenvalue weighted by molar-refractivity contribution is 8.00. The van der Waals surface area contributed by atoms with Gasteiger partial charge in [-0.05, 0) is 19.9 Å². The number of hydrogen-bond donors (Lipinski definition) is 1. The van der Waals surface area contributed by atoms with Crippen LogP contribution in [0.5, 0.6) is 0 Å². The summed E-state index contributed by atoms with van der Waals surface area (Å²) in [5.41, 5.74) is 1.54. The van der Waals surface area contributed by atoms with E-state index >= 15 is 0 Å². The van der Waals surface area contributed by atoms with E-state index in [0.717, 1.165) is 12.0 Å². The molecule has 0 spiro atoms. The highest BCUT2D eigenvalue weighted by Gasteiger charge is 2.43. The molecule has 0 aliphatic carbocycles. The first-order valence-corrected chi connectivity index (χ1v) is 9.55. The maximum Gasteiger partial charge on any atom is 0.249 e. The van der Waals surface area contributed by atoms with Crippen LogP contribution in [0.25, 0.3) is 11.3 Å². The molecule has 1 N–H and O–H groups in total. The van der Waals surface area contributed by atoms with Gasteiger partial charge in [-0.25, -0.2) is 4.98 Å². The number of carbonyl (C=O) groups excluding carboxylic acids is 2. The number of thiazole rings is 1. The highest BCUT2D eigenvalue weighted by atomic mass is 35.5. The van der Waals surface area contributed by atoms with E-state index in [1.165, 1.54) is 11.3 Å². The summed E-state index contributed by atoms with van der Waals surface area (Å²) in [6, 6.07) is 6.93. The van der Waals surface area contributed by atoms with Crippen LogP contribution in [-0.2, 0) is 9.59 Å². The number of thioether (sulfide) groups is 1. The molecule has 0 bridgehead atoms. The van der Waals surface area contributed by atoms with E-state index in [0.29, 0.717) is 21.6 Å². The molecule has 0 radical (unpaired) electrons. The van der Waals surface area contributed by atoms with E-state index in [1.54, 1.807) is 22.7 Å². The second-order valence-corrected chi connectivity index (χ2v) is 8.68. The lowest BCUT2D eigenvalue weighted by molar-refractivity contribution is -0.130. The van der Waals surface area contributed by atoms with Crippen molar-refractivity contribution in [2.24, 2.45) is 0 Å². The van der Waals surface area contributed by atoms with Gasteiger partial charge < -0.3 is 10.2 Å². The number of halogens is 1. The minimum absolute atomic E-state index is 0.222. The predicted molar refractivity (Wildman–Crippen MR) is 99.4 cm³/mol. The number of aromatic nitrogens is 1. The van der Waals surface area contributed by atoms with Crippen LogP contribution in [0, 0.1) is 0 Å². The van der Waals surface area contributed by atoms with Crippen LogP contribution >= 0.6 is 34.7 Å². The monoisotopic (exact) mass is 381 g/mol. The highest BCUT2D eigenvalue weighted by Crippen LogP contribution is 2.38. The fraction of sp³-hybridized carbons (Fsp3) is 0.312. The molecular formula is C16H16ClN3O2S2. The van der Waals surface area contributed by atoms with Gasteiger partial charge in [-0.2, -0.15) is 0 Å². The summed E-state index contributed by atoms with van der Waals surface area (Å²) in [5.74, 6) is 0.348. The van der Waals surface area contributed by atoms with Crippen LogP contribution in [0.3, 0.4) is 0 Å². The molecule has 0 saturated carbocycles. The van der Waals surface area contributed by atoms with Crippen molar-refractivity contribution in [1.29, 1.82) is 0 Å². The van der Waals surface area contributed by atoms with Crippen molar-refractivity contribution in [1.82, 2.24) is 9.88 Å². The van der Waals surface area contributed by atoms with Gasteiger partial charge in [-0.1, -0.05) is 29.8 Å². The SMILES string of the molecule is CC1(C)SCC(C(=O)Nc2nc(-c3ccccc3Cl)cs2)N1C=O. The number of amides is 2. The zero-order chi connectivity index (χ0) is 17.3. The summed E-state index contributed by atoms with van der Waals surface area (Å²) < 4.78 is 0. The standard InChI is InChI=1S/C16H16ClN3O2S2/c1-16(2)20(9-21)13(8-24-16)14(22)19-15-18-12(7-23-15)10-5-3-4-6-11(10)17/h3-7,9,13H,8H2,1-2H3,(H,18,19,22). The first-order valence-electron chi connectivity index (χ1n) is 7.31. The Morgan fingerprint density at radius 2 is 2.21 bits per heavy atom. The number of nitrogens with one attached hydrogen (secondary N) is 1. The molecule has 3 rings (SSSR count). The van der Waals surface area contributed by atoms with Gasteiger partial charge in [-0.15, -0.1) is 23.1 Å². The number of nitrogens with zero attached hydrogens (tertiary/aromatic N) is 2. The molecule has 1 fully saturated rings. The van der Waals surface area contributed by atoms with E-state index in [1.807, 2.05) is 37.4 Å². The number of benzene rings is 1. The Bertz CT molecular complexity index is 778. The van der Waals surface area contributed by atoms with E-state index in [2.05, 4.69) is 10.3 Å². The average Bonchev–Trinajstić information content (AvgIpc) is 3.11. The molecule has 1 unspecified atom stereocenters. The molecule has 2 aromatic rings. The quantitative estimate of drug-likeness (QED) is 0.820. The lowest BCUT2D eigenvalue weighted by Crippen LogP contribution is -2.47. The summed E-state index contributed by atoms with van der Waals surface area (Å²) >= 11 is 9.09. The lowest BCUT2D eigenvalue weighted by atomic mass is 10.2. The van der Waals surface area contributed by atoms with Crippen molar-refractivity contribution in [2.45, 2.75) is 24.8 Å². The van der Waals surface area contributed by atoms with Gasteiger partial charge in [0, 0.05) is 21.7 Å². The third-order valence-electron chi connectivity index (χ3n) is 3.85. The number of anilines is 1. The van der Waals surface area contributed by atoms with E-state index in [9.17, 15) is 9.59 Å². The van der Waals surface area contributed by atoms with Crippen molar-refractivity contribution in [3.63, 3.8) is 0 Å². The van der Waals surface area contributed by atoms with E-state index in [-0.39, 0.29) is 10.8 Å². The maximum absolute atomic E-state index is 12.5. The normalized spacial score (nSPS) is 19.3. The van der Waals surface area contributed by atoms with Gasteiger partial charge in [0.15, 0.2) is 5.13 Å². The molecule has 1 aliphatic rings. The van der Waals surface area contributed by atoms with Crippen molar-refractivity contribution >= 4 is 52.1 Å². The van der Waals surface area contributed by atoms with Crippen LogP contribution in [0.15, 0.2) is 29.6 Å². The molecule has 126 valence electrons. The fourth-order valence-electron chi connectivity index (χ4n) is 2.53. The minimum Gasteiger partial charge on any atom is -0.318 e. The Morgan fingerprint density at radius 1 is 1.46 bits per heavy atom. The van der Waals surface area contributed by atoms with Crippen molar-refractivity contribution in [2.75, 3.05) is 11.1 Å². The van der Waals surface area contributed by atoms with Gasteiger partial charge in [0.05, 0.1) is 10.6 Å². The summed E-state index contributed by atoms with van der Waals surface area (Å²) in [6.45, 7) is 3.86. The third kappa shape index (κ3) is 3.29. The minimum atomic E-state index is -0.491. The topological polar surface area (TPSA) is 62.3 Å². The molecule has 1 aromatic carbocycles. The van der Waals surface area contributed by atoms with Gasteiger partial charge >= 0.3 is 0 Å². The van der Waals surface area contributed by atoms with Crippen LogP contribution in [-0.4, -0.2) is 38.9 Å². The molecule has 1 aliphatic heterocycles. The van der Waals surface area contributed by atoms with Gasteiger partial charge in [0.1, 0.15) is 6.04 Å². The second kappa shape index (κ2) is 6.74. The Morgan fingerprint density at radius 3 is 2.92 bits per heavy atom. The lowest BCUT2D eigenvalue weighted by Gasteiger charge is -2.29. The predicted octanol–water partition coefficient (Wildman–Crippen LogP) is 3.71. The molecule has 24 heavy (non-hydrogen) atoms. The van der Waals surface area contributed by atoms with Crippen LogP contribution < -0.4 is 5.32 Å². The third-order valence-corrected chi connectivity index (χ3v) is 6.34. The fourth-order valence-corrected chi connectivity index (χ4v) is 4.67. The maximum atomic E-state index is 12.5. The van der Waals surface area contributed by atoms with Crippen molar-refractivity contribution in [3.8, 4) is 11.3 Å². The van der Waals surface area contributed by atoms with Crippen LogP contribution in [0.1, 0.15) is 13.8 Å². The summed E-state index contributed by atoms with van der Waals surface area (Å²) in [7, 11) is 0. The zero-order valence-electron chi connectivity index (χ0n) is 13.2. The van der Waals surface area contributed by atoms with E-state index in [4.69, 9.17) is 11.6 Å². The number of hydrogen-bond acceptors (Lipinski definition) is 5. The number of carbonyl (C=O) groups is 2. The molecule has 1 atom stereocenters. The summed E-state index contributed by atoms with van der Waals surface area (Å²) in [4.78, 5) is 29.4. The molecule has 1 saturated heterocycles. The first kappa shape index (κ1) is 17.3. The Balaban J connectivity index is 1.75. The molecule has 8 heteroatoms. The Labute approximate surface area is 153 Å².